The topological polar surface area (TPSA) is 63.9 Å². The number of pyridine rings is 1. The van der Waals surface area contributed by atoms with Crippen LogP contribution in [0, 0.1) is 0 Å². The van der Waals surface area contributed by atoms with Gasteiger partial charge in [0.05, 0.1) is 0 Å². The molecule has 0 fully saturated rings. The normalized spacial score (nSPS) is 11.6. The van der Waals surface area contributed by atoms with E-state index in [-0.39, 0.29) is 12.4 Å². The molecule has 0 aliphatic rings. The van der Waals surface area contributed by atoms with E-state index < -0.39 is 18.0 Å². The molecule has 5 nitrogen and oxygen atoms in total. The monoisotopic (exact) mass is 309 g/mol. The van der Waals surface area contributed by atoms with Gasteiger partial charge in [-0.3, -0.25) is 0 Å². The van der Waals surface area contributed by atoms with Crippen molar-refractivity contribution in [1.82, 2.24) is 4.98 Å². The van der Waals surface area contributed by atoms with Crippen LogP contribution in [0.15, 0.2) is 58.8 Å². The zero-order chi connectivity index (χ0) is 16.0. The Labute approximate surface area is 123 Å². The van der Waals surface area contributed by atoms with Crippen LogP contribution in [0.3, 0.4) is 0 Å². The number of hydrogen-bond acceptors (Lipinski definition) is 4. The average molecular weight is 309 g/mol. The fourth-order valence-corrected chi connectivity index (χ4v) is 1.48. The van der Waals surface area contributed by atoms with E-state index in [0.29, 0.717) is 0 Å². The highest BCUT2D eigenvalue weighted by Crippen LogP contribution is 2.28. The Morgan fingerprint density at radius 1 is 1.09 bits per heavy atom. The Balaban J connectivity index is 1.95. The lowest BCUT2D eigenvalue weighted by molar-refractivity contribution is -0.141. The van der Waals surface area contributed by atoms with E-state index in [9.17, 15) is 18.0 Å². The molecule has 0 saturated carbocycles. The lowest BCUT2D eigenvalue weighted by atomic mass is 10.2. The number of azo groups is 1. The summed E-state index contributed by atoms with van der Waals surface area (Å²) in [4.78, 5) is 14.6. The minimum Gasteiger partial charge on any atom is -0.442 e. The summed E-state index contributed by atoms with van der Waals surface area (Å²) in [7, 11) is 0. The third kappa shape index (κ3) is 4.65. The number of benzene rings is 1. The molecule has 114 valence electrons. The first-order valence-corrected chi connectivity index (χ1v) is 6.12. The Morgan fingerprint density at radius 2 is 1.82 bits per heavy atom. The first-order chi connectivity index (χ1) is 10.4. The number of carbonyl (C=O) groups is 1. The number of ether oxygens (including phenoxy) is 1. The molecule has 1 aromatic carbocycles. The molecule has 0 atom stereocenters. The van der Waals surface area contributed by atoms with Crippen molar-refractivity contribution in [2.75, 3.05) is 0 Å². The van der Waals surface area contributed by atoms with Crippen LogP contribution in [-0.2, 0) is 17.5 Å². The van der Waals surface area contributed by atoms with Gasteiger partial charge in [-0.1, -0.05) is 41.5 Å². The maximum Gasteiger partial charge on any atom is 0.452 e. The van der Waals surface area contributed by atoms with Gasteiger partial charge in [0.25, 0.3) is 0 Å². The lowest BCUT2D eigenvalue weighted by Crippen LogP contribution is -2.07. The predicted molar refractivity (Wildman–Crippen MR) is 70.4 cm³/mol. The predicted octanol–water partition coefficient (Wildman–Crippen LogP) is 4.52. The molecule has 0 aliphatic heterocycles. The maximum absolute atomic E-state index is 12.4. The SMILES string of the molecule is O=C(/N=N/c1cccc(C(F)(F)F)n1)OCc1ccccc1. The molecule has 22 heavy (non-hydrogen) atoms. The van der Waals surface area contributed by atoms with Gasteiger partial charge in [-0.15, -0.1) is 5.11 Å². The Morgan fingerprint density at radius 3 is 2.50 bits per heavy atom. The minimum absolute atomic E-state index is 0.00525. The molecule has 0 spiro atoms. The molecular weight excluding hydrogens is 299 g/mol. The summed E-state index contributed by atoms with van der Waals surface area (Å²) in [6.07, 6.45) is -5.60. The summed E-state index contributed by atoms with van der Waals surface area (Å²) in [5.41, 5.74) is -0.357. The van der Waals surface area contributed by atoms with Crippen molar-refractivity contribution in [3.63, 3.8) is 0 Å². The molecule has 0 radical (unpaired) electrons. The van der Waals surface area contributed by atoms with Gasteiger partial charge in [-0.2, -0.15) is 13.2 Å². The summed E-state index contributed by atoms with van der Waals surface area (Å²) in [5, 5.41) is 6.50. The smallest absolute Gasteiger partial charge is 0.442 e. The standard InChI is InChI=1S/C14H10F3N3O2/c15-14(16,17)11-7-4-8-12(18-11)19-20-13(21)22-9-10-5-2-1-3-6-10/h1-8H,9H2/b20-19+. The average Bonchev–Trinajstić information content (AvgIpc) is 2.51. The highest BCUT2D eigenvalue weighted by atomic mass is 19.4. The van der Waals surface area contributed by atoms with Crippen LogP contribution >= 0.6 is 0 Å². The molecule has 2 aromatic rings. The number of hydrogen-bond donors (Lipinski definition) is 0. The second-order valence-corrected chi connectivity index (χ2v) is 4.12. The number of aromatic nitrogens is 1. The zero-order valence-corrected chi connectivity index (χ0v) is 11.1. The van der Waals surface area contributed by atoms with Gasteiger partial charge < -0.3 is 4.74 Å². The molecule has 8 heteroatoms. The molecule has 0 bridgehead atoms. The van der Waals surface area contributed by atoms with E-state index in [4.69, 9.17) is 4.74 Å². The van der Waals surface area contributed by atoms with Gasteiger partial charge in [-0.25, -0.2) is 9.78 Å². The second-order valence-electron chi connectivity index (χ2n) is 4.12. The highest BCUT2D eigenvalue weighted by molar-refractivity contribution is 5.67. The van der Waals surface area contributed by atoms with Crippen molar-refractivity contribution in [3.05, 3.63) is 59.8 Å². The van der Waals surface area contributed by atoms with Crippen molar-refractivity contribution in [3.8, 4) is 0 Å². The number of halogens is 3. The van der Waals surface area contributed by atoms with Crippen molar-refractivity contribution in [2.24, 2.45) is 10.2 Å². The van der Waals surface area contributed by atoms with Crippen LogP contribution in [0.5, 0.6) is 0 Å². The van der Waals surface area contributed by atoms with Crippen LogP contribution in [-0.4, -0.2) is 11.1 Å². The first kappa shape index (κ1) is 15.6. The maximum atomic E-state index is 12.4. The van der Waals surface area contributed by atoms with Crippen molar-refractivity contribution in [1.29, 1.82) is 0 Å². The van der Waals surface area contributed by atoms with Crippen LogP contribution < -0.4 is 0 Å². The number of carbonyl (C=O) groups excluding carboxylic acids is 1. The molecule has 1 amide bonds. The molecule has 0 saturated heterocycles. The van der Waals surface area contributed by atoms with Gasteiger partial charge in [-0.05, 0) is 17.7 Å². The van der Waals surface area contributed by atoms with Crippen LogP contribution in [0.25, 0.3) is 0 Å². The summed E-state index contributed by atoms with van der Waals surface area (Å²) in [6, 6.07) is 12.0. The second kappa shape index (κ2) is 6.79. The molecule has 2 rings (SSSR count). The van der Waals surface area contributed by atoms with Crippen LogP contribution in [0.1, 0.15) is 11.3 Å². The Bertz CT molecular complexity index is 673. The van der Waals surface area contributed by atoms with Gasteiger partial charge in [0.15, 0.2) is 5.82 Å². The van der Waals surface area contributed by atoms with Gasteiger partial charge in [0.2, 0.25) is 0 Å². The molecule has 0 aliphatic carbocycles. The van der Waals surface area contributed by atoms with E-state index in [1.807, 2.05) is 6.07 Å². The fraction of sp³-hybridized carbons (Fsp3) is 0.143. The van der Waals surface area contributed by atoms with E-state index in [0.717, 1.165) is 17.7 Å². The van der Waals surface area contributed by atoms with Gasteiger partial charge >= 0.3 is 12.3 Å². The number of amides is 1. The Kier molecular flexibility index (Phi) is 4.82. The third-order valence-electron chi connectivity index (χ3n) is 2.46. The lowest BCUT2D eigenvalue weighted by Gasteiger charge is -2.04. The largest absolute Gasteiger partial charge is 0.452 e. The molecule has 0 unspecified atom stereocenters. The Hall–Kier alpha value is -2.77. The van der Waals surface area contributed by atoms with E-state index in [2.05, 4.69) is 15.2 Å². The van der Waals surface area contributed by atoms with E-state index in [1.165, 1.54) is 6.07 Å². The van der Waals surface area contributed by atoms with Crippen molar-refractivity contribution < 1.29 is 22.7 Å². The number of alkyl halides is 3. The molecule has 0 N–H and O–H groups in total. The van der Waals surface area contributed by atoms with E-state index >= 15 is 0 Å². The van der Waals surface area contributed by atoms with Crippen LogP contribution in [0.4, 0.5) is 23.8 Å². The van der Waals surface area contributed by atoms with Gasteiger partial charge in [0.1, 0.15) is 12.3 Å². The summed E-state index contributed by atoms with van der Waals surface area (Å²) < 4.78 is 42.1. The molecular formula is C14H10F3N3O2. The quantitative estimate of drug-likeness (QED) is 0.783. The number of rotatable bonds is 3. The van der Waals surface area contributed by atoms with Crippen molar-refractivity contribution in [2.45, 2.75) is 12.8 Å². The molecule has 1 heterocycles. The van der Waals surface area contributed by atoms with Crippen LogP contribution in [0.2, 0.25) is 0 Å². The summed E-state index contributed by atoms with van der Waals surface area (Å²) >= 11 is 0. The summed E-state index contributed by atoms with van der Waals surface area (Å²) in [5.74, 6) is -0.327. The summed E-state index contributed by atoms with van der Waals surface area (Å²) in [6.45, 7) is -0.00525. The number of nitrogens with zero attached hydrogens (tertiary/aromatic N) is 3. The van der Waals surface area contributed by atoms with E-state index in [1.54, 1.807) is 24.3 Å². The third-order valence-corrected chi connectivity index (χ3v) is 2.46. The highest BCUT2D eigenvalue weighted by Gasteiger charge is 2.32. The minimum atomic E-state index is -4.58. The zero-order valence-electron chi connectivity index (χ0n) is 11.1. The van der Waals surface area contributed by atoms with Gasteiger partial charge in [0, 0.05) is 0 Å². The molecule has 1 aromatic heterocycles. The fourth-order valence-electron chi connectivity index (χ4n) is 1.48. The first-order valence-electron chi connectivity index (χ1n) is 6.12. The van der Waals surface area contributed by atoms with Crippen molar-refractivity contribution >= 4 is 11.9 Å².